The van der Waals surface area contributed by atoms with E-state index in [9.17, 15) is 4.79 Å². The van der Waals surface area contributed by atoms with Gasteiger partial charge in [0.1, 0.15) is 0 Å². The topological polar surface area (TPSA) is 70.1 Å². The zero-order valence-electron chi connectivity index (χ0n) is 12.4. The summed E-state index contributed by atoms with van der Waals surface area (Å²) in [5.74, 6) is -0.411. The van der Waals surface area contributed by atoms with Crippen molar-refractivity contribution in [2.75, 3.05) is 0 Å². The van der Waals surface area contributed by atoms with E-state index in [1.807, 2.05) is 20.8 Å². The van der Waals surface area contributed by atoms with Crippen LogP contribution in [0.5, 0.6) is 0 Å². The molecule has 22 heavy (non-hydrogen) atoms. The Balaban J connectivity index is 2.07. The van der Waals surface area contributed by atoms with Crippen LogP contribution in [-0.4, -0.2) is 22.3 Å². The van der Waals surface area contributed by atoms with E-state index in [1.165, 1.54) is 6.21 Å². The molecule has 0 radical (unpaired) electrons. The molecule has 2 N–H and O–H groups in total. The maximum Gasteiger partial charge on any atom is 0.291 e. The molecule has 0 atom stereocenters. The van der Waals surface area contributed by atoms with Crippen molar-refractivity contribution in [2.24, 2.45) is 5.10 Å². The van der Waals surface area contributed by atoms with Crippen LogP contribution in [0.3, 0.4) is 0 Å². The van der Waals surface area contributed by atoms with Gasteiger partial charge in [-0.3, -0.25) is 9.89 Å². The first-order valence-corrected chi connectivity index (χ1v) is 7.38. The van der Waals surface area contributed by atoms with Gasteiger partial charge in [-0.25, -0.2) is 5.43 Å². The molecule has 1 heterocycles. The van der Waals surface area contributed by atoms with Gasteiger partial charge in [0.05, 0.1) is 16.3 Å². The molecule has 1 aromatic heterocycles. The second-order valence-corrected chi connectivity index (χ2v) is 6.57. The highest BCUT2D eigenvalue weighted by molar-refractivity contribution is 6.38. The first kappa shape index (κ1) is 16.5. The van der Waals surface area contributed by atoms with Crippen LogP contribution >= 0.6 is 23.2 Å². The number of carbonyl (C=O) groups is 1. The Labute approximate surface area is 138 Å². The van der Waals surface area contributed by atoms with Crippen LogP contribution in [0, 0.1) is 0 Å². The van der Waals surface area contributed by atoms with Crippen LogP contribution in [0.4, 0.5) is 0 Å². The van der Waals surface area contributed by atoms with Crippen LogP contribution in [0.2, 0.25) is 10.0 Å². The highest BCUT2D eigenvalue weighted by Crippen LogP contribution is 2.22. The number of hydrogen-bond donors (Lipinski definition) is 2. The molecule has 0 aliphatic heterocycles. The lowest BCUT2D eigenvalue weighted by Crippen LogP contribution is -2.18. The van der Waals surface area contributed by atoms with Gasteiger partial charge in [-0.2, -0.15) is 10.2 Å². The molecule has 0 fully saturated rings. The second kappa shape index (κ2) is 6.50. The summed E-state index contributed by atoms with van der Waals surface area (Å²) in [7, 11) is 0. The summed E-state index contributed by atoms with van der Waals surface area (Å²) in [5.41, 5.74) is 3.97. The van der Waals surface area contributed by atoms with Gasteiger partial charge in [0.2, 0.25) is 0 Å². The third kappa shape index (κ3) is 3.87. The number of nitrogens with one attached hydrogen (secondary N) is 2. The average Bonchev–Trinajstić information content (AvgIpc) is 2.91. The molecule has 0 saturated heterocycles. The van der Waals surface area contributed by atoms with Gasteiger partial charge in [-0.1, -0.05) is 50.0 Å². The van der Waals surface area contributed by atoms with E-state index in [0.717, 1.165) is 5.69 Å². The molecule has 1 amide bonds. The van der Waals surface area contributed by atoms with E-state index >= 15 is 0 Å². The van der Waals surface area contributed by atoms with Crippen molar-refractivity contribution in [3.05, 3.63) is 51.3 Å². The number of hydrazone groups is 1. The van der Waals surface area contributed by atoms with E-state index in [-0.39, 0.29) is 11.1 Å². The minimum atomic E-state index is -0.411. The summed E-state index contributed by atoms with van der Waals surface area (Å²) in [5, 5.41) is 11.6. The van der Waals surface area contributed by atoms with Crippen LogP contribution < -0.4 is 5.43 Å². The van der Waals surface area contributed by atoms with Crippen molar-refractivity contribution in [2.45, 2.75) is 26.2 Å². The molecule has 2 rings (SSSR count). The summed E-state index contributed by atoms with van der Waals surface area (Å²) in [6.07, 6.45) is 1.40. The summed E-state index contributed by atoms with van der Waals surface area (Å²) < 4.78 is 0. The Bertz CT molecular complexity index is 696. The number of rotatable bonds is 3. The van der Waals surface area contributed by atoms with Crippen molar-refractivity contribution < 1.29 is 4.79 Å². The maximum atomic E-state index is 12.0. The molecular weight excluding hydrogens is 323 g/mol. The van der Waals surface area contributed by atoms with Crippen molar-refractivity contribution in [3.63, 3.8) is 0 Å². The Kier molecular flexibility index (Phi) is 4.88. The Morgan fingerprint density at radius 1 is 1.32 bits per heavy atom. The van der Waals surface area contributed by atoms with Gasteiger partial charge < -0.3 is 0 Å². The van der Waals surface area contributed by atoms with Gasteiger partial charge in [0.25, 0.3) is 5.91 Å². The second-order valence-electron chi connectivity index (χ2n) is 5.75. The summed E-state index contributed by atoms with van der Waals surface area (Å²) in [6, 6.07) is 6.82. The van der Waals surface area contributed by atoms with E-state index in [4.69, 9.17) is 23.2 Å². The number of aromatic nitrogens is 2. The van der Waals surface area contributed by atoms with Crippen LogP contribution in [0.15, 0.2) is 29.4 Å². The van der Waals surface area contributed by atoms with Crippen molar-refractivity contribution in [1.29, 1.82) is 0 Å². The number of amides is 1. The molecule has 1 aromatic carbocycles. The van der Waals surface area contributed by atoms with Gasteiger partial charge in [0.15, 0.2) is 5.69 Å². The molecule has 0 aliphatic carbocycles. The van der Waals surface area contributed by atoms with E-state index in [1.54, 1.807) is 24.3 Å². The number of halogens is 2. The standard InChI is InChI=1S/C15H16Cl2N4O/c1-15(2,3)13-7-12(19-20-13)14(22)21-18-8-9-10(16)5-4-6-11(9)17/h4-8H,1-3H3,(H,19,20)(H,21,22)/b18-8-. The molecule has 0 aliphatic rings. The van der Waals surface area contributed by atoms with Crippen molar-refractivity contribution in [1.82, 2.24) is 15.6 Å². The predicted molar refractivity (Wildman–Crippen MR) is 88.8 cm³/mol. The first-order chi connectivity index (χ1) is 10.3. The lowest BCUT2D eigenvalue weighted by atomic mass is 9.92. The molecular formula is C15H16Cl2N4O. The number of benzene rings is 1. The largest absolute Gasteiger partial charge is 0.291 e. The number of hydrogen-bond acceptors (Lipinski definition) is 3. The van der Waals surface area contributed by atoms with Crippen LogP contribution in [-0.2, 0) is 5.41 Å². The normalized spacial score (nSPS) is 11.9. The lowest BCUT2D eigenvalue weighted by molar-refractivity contribution is 0.0950. The van der Waals surface area contributed by atoms with E-state index < -0.39 is 5.91 Å². The molecule has 0 unspecified atom stereocenters. The highest BCUT2D eigenvalue weighted by atomic mass is 35.5. The van der Waals surface area contributed by atoms with Crippen molar-refractivity contribution >= 4 is 35.3 Å². The molecule has 2 aromatic rings. The average molecular weight is 339 g/mol. The van der Waals surface area contributed by atoms with Gasteiger partial charge in [-0.15, -0.1) is 0 Å². The van der Waals surface area contributed by atoms with Gasteiger partial charge >= 0.3 is 0 Å². The number of carbonyl (C=O) groups excluding carboxylic acids is 1. The fourth-order valence-corrected chi connectivity index (χ4v) is 2.16. The highest BCUT2D eigenvalue weighted by Gasteiger charge is 2.19. The fourth-order valence-electron chi connectivity index (χ4n) is 1.67. The van der Waals surface area contributed by atoms with E-state index in [2.05, 4.69) is 20.7 Å². The molecule has 0 spiro atoms. The van der Waals surface area contributed by atoms with Crippen LogP contribution in [0.1, 0.15) is 42.5 Å². The van der Waals surface area contributed by atoms with E-state index in [0.29, 0.717) is 15.6 Å². The summed E-state index contributed by atoms with van der Waals surface area (Å²) >= 11 is 12.0. The number of aromatic amines is 1. The lowest BCUT2D eigenvalue weighted by Gasteiger charge is -2.14. The molecule has 7 heteroatoms. The minimum absolute atomic E-state index is 0.111. The third-order valence-electron chi connectivity index (χ3n) is 2.98. The monoisotopic (exact) mass is 338 g/mol. The Hall–Kier alpha value is -1.85. The van der Waals surface area contributed by atoms with Gasteiger partial charge in [-0.05, 0) is 18.2 Å². The number of H-pyrrole nitrogens is 1. The maximum absolute atomic E-state index is 12.0. The predicted octanol–water partition coefficient (Wildman–Crippen LogP) is 3.78. The molecule has 0 saturated carbocycles. The van der Waals surface area contributed by atoms with Gasteiger partial charge in [0, 0.05) is 16.7 Å². The SMILES string of the molecule is CC(C)(C)c1cc(C(=O)N/N=C\c2c(Cl)cccc2Cl)n[nH]1. The molecule has 116 valence electrons. The molecule has 5 nitrogen and oxygen atoms in total. The Morgan fingerprint density at radius 3 is 2.50 bits per heavy atom. The third-order valence-corrected chi connectivity index (χ3v) is 3.64. The zero-order chi connectivity index (χ0) is 16.3. The summed E-state index contributed by atoms with van der Waals surface area (Å²) in [6.45, 7) is 6.08. The Morgan fingerprint density at radius 2 is 1.95 bits per heavy atom. The number of nitrogens with zero attached hydrogens (tertiary/aromatic N) is 2. The molecule has 0 bridgehead atoms. The van der Waals surface area contributed by atoms with Crippen LogP contribution in [0.25, 0.3) is 0 Å². The first-order valence-electron chi connectivity index (χ1n) is 6.62. The minimum Gasteiger partial charge on any atom is -0.281 e. The fraction of sp³-hybridized carbons (Fsp3) is 0.267. The zero-order valence-corrected chi connectivity index (χ0v) is 14.0. The van der Waals surface area contributed by atoms with Crippen molar-refractivity contribution in [3.8, 4) is 0 Å². The smallest absolute Gasteiger partial charge is 0.281 e. The summed E-state index contributed by atoms with van der Waals surface area (Å²) in [4.78, 5) is 12.0. The quantitative estimate of drug-likeness (QED) is 0.660.